The second-order valence-electron chi connectivity index (χ2n) is 4.59. The maximum absolute atomic E-state index is 12.6. The van der Waals surface area contributed by atoms with Gasteiger partial charge < -0.3 is 11.1 Å². The number of nitrogen functional groups attached to an aromatic ring is 1. The zero-order chi connectivity index (χ0) is 17.8. The first-order valence-electron chi connectivity index (χ1n) is 6.28. The van der Waals surface area contributed by atoms with Gasteiger partial charge in [-0.05, 0) is 24.6 Å². The van der Waals surface area contributed by atoms with Crippen molar-refractivity contribution in [2.45, 2.75) is 24.9 Å². The normalized spacial score (nSPS) is 12.1. The Bertz CT molecular complexity index is 605. The van der Waals surface area contributed by atoms with E-state index in [0.717, 1.165) is 0 Å². The number of amides is 1. The maximum Gasteiger partial charge on any atom is 0.463 e. The van der Waals surface area contributed by atoms with Crippen LogP contribution in [0.1, 0.15) is 23.2 Å². The van der Waals surface area contributed by atoms with Crippen molar-refractivity contribution in [1.29, 1.82) is 0 Å². The van der Waals surface area contributed by atoms with Crippen LogP contribution < -0.4 is 11.1 Å². The van der Waals surface area contributed by atoms with Crippen LogP contribution in [0.5, 0.6) is 0 Å². The van der Waals surface area contributed by atoms with Gasteiger partial charge in [0.05, 0.1) is 5.02 Å². The summed E-state index contributed by atoms with van der Waals surface area (Å²) in [4.78, 5) is 22.7. The van der Waals surface area contributed by atoms with E-state index in [9.17, 15) is 31.5 Å². The molecule has 0 fully saturated rings. The molecule has 1 aromatic carbocycles. The number of anilines is 1. The molecule has 0 aliphatic carbocycles. The molecule has 128 valence electrons. The lowest BCUT2D eigenvalue weighted by Gasteiger charge is -2.18. The number of rotatable bonds is 6. The summed E-state index contributed by atoms with van der Waals surface area (Å²) in [6, 6.07) is 4.19. The fraction of sp³-hybridized carbons (Fsp3) is 0.385. The number of Topliss-reactive ketones (excluding diaryl/α,β-unsaturated/α-hetero) is 1. The molecule has 3 N–H and O–H groups in total. The lowest BCUT2D eigenvalue weighted by molar-refractivity contribution is -0.269. The first-order valence-corrected chi connectivity index (χ1v) is 6.65. The molecule has 0 unspecified atom stereocenters. The Kier molecular flexibility index (Phi) is 5.92. The summed E-state index contributed by atoms with van der Waals surface area (Å²) >= 11 is 5.79. The Morgan fingerprint density at radius 3 is 2.35 bits per heavy atom. The zero-order valence-corrected chi connectivity index (χ0v) is 12.3. The third kappa shape index (κ3) is 4.78. The van der Waals surface area contributed by atoms with Crippen LogP contribution in [0.15, 0.2) is 18.2 Å². The van der Waals surface area contributed by atoms with E-state index >= 15 is 0 Å². The highest BCUT2D eigenvalue weighted by Crippen LogP contribution is 2.35. The Hall–Kier alpha value is -1.90. The molecule has 1 rings (SSSR count). The van der Waals surface area contributed by atoms with E-state index in [1.54, 1.807) is 0 Å². The second-order valence-corrected chi connectivity index (χ2v) is 5.00. The van der Waals surface area contributed by atoms with Crippen molar-refractivity contribution >= 4 is 29.0 Å². The number of nitrogens with two attached hydrogens (primary N) is 1. The average Bonchev–Trinajstić information content (AvgIpc) is 2.44. The third-order valence-corrected chi connectivity index (χ3v) is 3.13. The van der Waals surface area contributed by atoms with Gasteiger partial charge in [-0.15, -0.1) is 0 Å². The molecule has 1 aromatic rings. The predicted octanol–water partition coefficient (Wildman–Crippen LogP) is 3.20. The minimum atomic E-state index is -5.97. The molecule has 0 saturated heterocycles. The minimum Gasteiger partial charge on any atom is -0.399 e. The van der Waals surface area contributed by atoms with E-state index in [4.69, 9.17) is 17.3 Å². The Labute approximate surface area is 132 Å². The summed E-state index contributed by atoms with van der Waals surface area (Å²) in [7, 11) is 0. The average molecular weight is 359 g/mol. The number of nitrogens with one attached hydrogen (secondary N) is 1. The van der Waals surface area contributed by atoms with E-state index in [1.807, 2.05) is 0 Å². The molecule has 0 heterocycles. The van der Waals surface area contributed by atoms with E-state index in [2.05, 4.69) is 0 Å². The summed E-state index contributed by atoms with van der Waals surface area (Å²) in [5.74, 6) is -8.41. The fourth-order valence-electron chi connectivity index (χ4n) is 1.58. The molecular formula is C13H12ClF5N2O2. The number of carbonyl (C=O) groups excluding carboxylic acids is 2. The highest BCUT2D eigenvalue weighted by Gasteiger charge is 2.63. The van der Waals surface area contributed by atoms with Crippen LogP contribution in [-0.4, -0.2) is 30.3 Å². The number of halogens is 6. The van der Waals surface area contributed by atoms with Gasteiger partial charge in [0, 0.05) is 24.2 Å². The number of hydrogen-bond donors (Lipinski definition) is 2. The molecular weight excluding hydrogens is 347 g/mol. The van der Waals surface area contributed by atoms with Crippen LogP contribution in [0, 0.1) is 0 Å². The van der Waals surface area contributed by atoms with Crippen LogP contribution in [0.3, 0.4) is 0 Å². The number of alkyl halides is 5. The lowest BCUT2D eigenvalue weighted by Crippen LogP contribution is -2.50. The van der Waals surface area contributed by atoms with Gasteiger partial charge in [-0.2, -0.15) is 22.0 Å². The molecule has 4 nitrogen and oxygen atoms in total. The van der Waals surface area contributed by atoms with E-state index in [1.165, 1.54) is 23.5 Å². The minimum absolute atomic E-state index is 0.110. The molecule has 0 atom stereocenters. The molecule has 0 spiro atoms. The lowest BCUT2D eigenvalue weighted by atomic mass is 10.1. The molecule has 1 amide bonds. The maximum atomic E-state index is 12.6. The van der Waals surface area contributed by atoms with Crippen LogP contribution in [0.25, 0.3) is 0 Å². The van der Waals surface area contributed by atoms with Gasteiger partial charge in [0.1, 0.15) is 0 Å². The smallest absolute Gasteiger partial charge is 0.399 e. The summed E-state index contributed by atoms with van der Waals surface area (Å²) in [5.41, 5.74) is 5.89. The molecule has 0 saturated carbocycles. The van der Waals surface area contributed by atoms with Crippen LogP contribution >= 0.6 is 11.6 Å². The summed E-state index contributed by atoms with van der Waals surface area (Å²) in [6.07, 6.45) is -6.31. The highest BCUT2D eigenvalue weighted by molar-refractivity contribution is 6.34. The SMILES string of the molecule is Nc1ccc(Cl)c(C(=O)CCCNC(=O)C(F)(F)C(F)(F)F)c1. The second kappa shape index (κ2) is 7.12. The van der Waals surface area contributed by atoms with Gasteiger partial charge in [0.2, 0.25) is 0 Å². The van der Waals surface area contributed by atoms with Crippen molar-refractivity contribution in [1.82, 2.24) is 5.32 Å². The number of hydrogen-bond acceptors (Lipinski definition) is 3. The largest absolute Gasteiger partial charge is 0.463 e. The molecule has 0 aliphatic rings. The first kappa shape index (κ1) is 19.1. The Morgan fingerprint density at radius 2 is 1.78 bits per heavy atom. The number of ketones is 1. The van der Waals surface area contributed by atoms with E-state index in [-0.39, 0.29) is 29.1 Å². The molecule has 10 heteroatoms. The van der Waals surface area contributed by atoms with Gasteiger partial charge in [-0.3, -0.25) is 9.59 Å². The Morgan fingerprint density at radius 1 is 1.17 bits per heavy atom. The molecule has 0 radical (unpaired) electrons. The monoisotopic (exact) mass is 358 g/mol. The first-order chi connectivity index (χ1) is 10.5. The molecule has 0 aliphatic heterocycles. The van der Waals surface area contributed by atoms with Crippen LogP contribution in [0.2, 0.25) is 5.02 Å². The molecule has 23 heavy (non-hydrogen) atoms. The van der Waals surface area contributed by atoms with Crippen molar-refractivity contribution in [3.05, 3.63) is 28.8 Å². The van der Waals surface area contributed by atoms with Crippen molar-refractivity contribution in [3.63, 3.8) is 0 Å². The highest BCUT2D eigenvalue weighted by atomic mass is 35.5. The zero-order valence-electron chi connectivity index (χ0n) is 11.5. The quantitative estimate of drug-likeness (QED) is 0.355. The van der Waals surface area contributed by atoms with Gasteiger partial charge in [0.25, 0.3) is 5.91 Å². The summed E-state index contributed by atoms with van der Waals surface area (Å²) < 4.78 is 61.1. The van der Waals surface area contributed by atoms with Gasteiger partial charge in [-0.25, -0.2) is 0 Å². The molecule has 0 aromatic heterocycles. The van der Waals surface area contributed by atoms with Crippen molar-refractivity contribution < 1.29 is 31.5 Å². The number of carbonyl (C=O) groups is 2. The van der Waals surface area contributed by atoms with Crippen molar-refractivity contribution in [2.75, 3.05) is 12.3 Å². The Balaban J connectivity index is 2.51. The molecule has 0 bridgehead atoms. The van der Waals surface area contributed by atoms with Gasteiger partial charge in [-0.1, -0.05) is 11.6 Å². The van der Waals surface area contributed by atoms with E-state index in [0.29, 0.717) is 0 Å². The van der Waals surface area contributed by atoms with Gasteiger partial charge >= 0.3 is 12.1 Å². The fourth-order valence-corrected chi connectivity index (χ4v) is 1.80. The predicted molar refractivity (Wildman–Crippen MR) is 73.4 cm³/mol. The van der Waals surface area contributed by atoms with Crippen molar-refractivity contribution in [3.8, 4) is 0 Å². The van der Waals surface area contributed by atoms with Crippen molar-refractivity contribution in [2.24, 2.45) is 0 Å². The standard InChI is InChI=1S/C13H12ClF5N2O2/c14-9-4-3-7(20)6-8(9)10(22)2-1-5-21-11(23)12(15,16)13(17,18)19/h3-4,6H,1-2,5,20H2,(H,21,23). The third-order valence-electron chi connectivity index (χ3n) is 2.80. The van der Waals surface area contributed by atoms with Crippen LogP contribution in [0.4, 0.5) is 27.6 Å². The number of benzene rings is 1. The summed E-state index contributed by atoms with van der Waals surface area (Å²) in [5, 5.41) is 1.58. The van der Waals surface area contributed by atoms with Crippen LogP contribution in [-0.2, 0) is 4.79 Å². The topological polar surface area (TPSA) is 72.2 Å². The van der Waals surface area contributed by atoms with Gasteiger partial charge in [0.15, 0.2) is 5.78 Å². The summed E-state index contributed by atoms with van der Waals surface area (Å²) in [6.45, 7) is -0.518. The van der Waals surface area contributed by atoms with E-state index < -0.39 is 30.3 Å².